The van der Waals surface area contributed by atoms with E-state index in [2.05, 4.69) is 64.1 Å². The van der Waals surface area contributed by atoms with Crippen molar-refractivity contribution in [2.24, 2.45) is 0 Å². The van der Waals surface area contributed by atoms with Gasteiger partial charge in [0.1, 0.15) is 0 Å². The van der Waals surface area contributed by atoms with Crippen LogP contribution in [0.1, 0.15) is 44.5 Å². The summed E-state index contributed by atoms with van der Waals surface area (Å²) in [6.07, 6.45) is 0. The predicted octanol–water partition coefficient (Wildman–Crippen LogP) is 8.34. The average Bonchev–Trinajstić information content (AvgIpc) is 2.81. The van der Waals surface area contributed by atoms with Gasteiger partial charge in [-0.3, -0.25) is 0 Å². The quantitative estimate of drug-likeness (QED) is 0.293. The van der Waals surface area contributed by atoms with Crippen LogP contribution in [0.3, 0.4) is 0 Å². The van der Waals surface area contributed by atoms with Crippen LogP contribution in [0.2, 0.25) is 0 Å². The van der Waals surface area contributed by atoms with Gasteiger partial charge in [0.15, 0.2) is 0 Å². The summed E-state index contributed by atoms with van der Waals surface area (Å²) >= 11 is 0. The summed E-state index contributed by atoms with van der Waals surface area (Å²) in [5.41, 5.74) is 12.2. The Morgan fingerprint density at radius 2 is 0.657 bits per heavy atom. The van der Waals surface area contributed by atoms with Crippen LogP contribution in [-0.4, -0.2) is 8.42 Å². The number of hydrogen-bond acceptors (Lipinski definition) is 2. The maximum Gasteiger partial charge on any atom is 0.206 e. The van der Waals surface area contributed by atoms with Crippen LogP contribution in [0, 0.1) is 55.4 Å². The van der Waals surface area contributed by atoms with E-state index in [1.807, 2.05) is 39.8 Å². The Labute approximate surface area is 211 Å². The molecular weight excluding hydrogens is 448 g/mol. The summed E-state index contributed by atoms with van der Waals surface area (Å²) in [5, 5.41) is 0. The highest BCUT2D eigenvalue weighted by Crippen LogP contribution is 2.25. The Morgan fingerprint density at radius 1 is 0.371 bits per heavy atom. The molecule has 0 saturated heterocycles. The Kier molecular flexibility index (Phi) is 8.02. The van der Waals surface area contributed by atoms with E-state index in [1.54, 1.807) is 24.3 Å². The van der Waals surface area contributed by atoms with Crippen molar-refractivity contribution in [2.45, 2.75) is 65.2 Å². The van der Waals surface area contributed by atoms with Crippen LogP contribution >= 0.6 is 0 Å². The van der Waals surface area contributed by atoms with E-state index in [0.717, 1.165) is 22.3 Å². The summed E-state index contributed by atoms with van der Waals surface area (Å²) in [6.45, 7) is 16.4. The number of benzene rings is 4. The minimum Gasteiger partial charge on any atom is -0.219 e. The zero-order valence-electron chi connectivity index (χ0n) is 22.2. The lowest BCUT2D eigenvalue weighted by Gasteiger charge is -2.09. The fourth-order valence-corrected chi connectivity index (χ4v) is 5.17. The molecule has 3 heteroatoms. The van der Waals surface area contributed by atoms with E-state index in [4.69, 9.17) is 0 Å². The Morgan fingerprint density at radius 3 is 0.943 bits per heavy atom. The molecule has 182 valence electrons. The topological polar surface area (TPSA) is 34.1 Å². The van der Waals surface area contributed by atoms with Gasteiger partial charge in [0.25, 0.3) is 0 Å². The molecule has 4 aromatic carbocycles. The number of rotatable bonds is 3. The van der Waals surface area contributed by atoms with Crippen molar-refractivity contribution in [1.29, 1.82) is 0 Å². The van der Waals surface area contributed by atoms with Crippen molar-refractivity contribution in [3.8, 4) is 11.1 Å². The summed E-state index contributed by atoms with van der Waals surface area (Å²) in [4.78, 5) is 0.720. The number of hydrogen-bond donors (Lipinski definition) is 0. The maximum atomic E-state index is 12.6. The average molecular weight is 485 g/mol. The SMILES string of the molecule is Cc1ccc(-c2ccc(C)c(C)c2)cc1C.Cc1ccc(S(=O)(=O)c2ccc(C)c(C)c2)cc1C. The van der Waals surface area contributed by atoms with E-state index < -0.39 is 9.84 Å². The van der Waals surface area contributed by atoms with Crippen LogP contribution in [0.5, 0.6) is 0 Å². The number of aryl methyl sites for hydroxylation is 8. The smallest absolute Gasteiger partial charge is 0.206 e. The van der Waals surface area contributed by atoms with Crippen molar-refractivity contribution < 1.29 is 8.42 Å². The zero-order valence-corrected chi connectivity index (χ0v) is 23.0. The first-order chi connectivity index (χ1) is 16.4. The molecule has 2 nitrogen and oxygen atoms in total. The Bertz CT molecular complexity index is 1370. The molecule has 0 aliphatic heterocycles. The van der Waals surface area contributed by atoms with Gasteiger partial charge in [-0.1, -0.05) is 48.5 Å². The molecule has 0 unspecified atom stereocenters. The molecule has 4 aromatic rings. The highest BCUT2D eigenvalue weighted by atomic mass is 32.2. The fourth-order valence-electron chi connectivity index (χ4n) is 3.74. The molecule has 0 fully saturated rings. The monoisotopic (exact) mass is 484 g/mol. The van der Waals surface area contributed by atoms with Gasteiger partial charge < -0.3 is 0 Å². The number of sulfone groups is 1. The second-order valence-corrected chi connectivity index (χ2v) is 11.5. The highest BCUT2D eigenvalue weighted by molar-refractivity contribution is 7.91. The van der Waals surface area contributed by atoms with Gasteiger partial charge >= 0.3 is 0 Å². The van der Waals surface area contributed by atoms with Gasteiger partial charge in [-0.05, 0) is 135 Å². The van der Waals surface area contributed by atoms with Crippen LogP contribution in [0.25, 0.3) is 11.1 Å². The predicted molar refractivity (Wildman–Crippen MR) is 148 cm³/mol. The minimum absolute atomic E-state index is 0.360. The minimum atomic E-state index is -3.42. The zero-order chi connectivity index (χ0) is 25.9. The van der Waals surface area contributed by atoms with Gasteiger partial charge in [0.2, 0.25) is 9.84 Å². The van der Waals surface area contributed by atoms with Crippen molar-refractivity contribution in [1.82, 2.24) is 0 Å². The van der Waals surface area contributed by atoms with Gasteiger partial charge in [0, 0.05) is 0 Å². The van der Waals surface area contributed by atoms with Gasteiger partial charge in [-0.2, -0.15) is 0 Å². The van der Waals surface area contributed by atoms with E-state index in [1.165, 1.54) is 33.4 Å². The Balaban J connectivity index is 0.000000198. The first-order valence-electron chi connectivity index (χ1n) is 11.9. The van der Waals surface area contributed by atoms with Gasteiger partial charge in [-0.25, -0.2) is 8.42 Å². The van der Waals surface area contributed by atoms with Gasteiger partial charge in [-0.15, -0.1) is 0 Å². The molecule has 0 aliphatic rings. The third-order valence-corrected chi connectivity index (χ3v) is 8.67. The third-order valence-electron chi connectivity index (χ3n) is 6.92. The first kappa shape index (κ1) is 26.4. The third kappa shape index (κ3) is 6.10. The van der Waals surface area contributed by atoms with Crippen molar-refractivity contribution >= 4 is 9.84 Å². The van der Waals surface area contributed by atoms with E-state index >= 15 is 0 Å². The fraction of sp³-hybridized carbons (Fsp3) is 0.250. The molecule has 0 N–H and O–H groups in total. The second kappa shape index (κ2) is 10.6. The summed E-state index contributed by atoms with van der Waals surface area (Å²) < 4.78 is 25.1. The van der Waals surface area contributed by atoms with Crippen molar-refractivity contribution in [3.05, 3.63) is 117 Å². The molecule has 0 atom stereocenters. The van der Waals surface area contributed by atoms with Crippen molar-refractivity contribution in [3.63, 3.8) is 0 Å². The highest BCUT2D eigenvalue weighted by Gasteiger charge is 2.18. The molecule has 0 amide bonds. The lowest BCUT2D eigenvalue weighted by molar-refractivity contribution is 0.596. The lowest BCUT2D eigenvalue weighted by atomic mass is 9.98. The van der Waals surface area contributed by atoms with Crippen LogP contribution in [-0.2, 0) is 9.84 Å². The standard InChI is InChI=1S/C16H18O2S.C16H18/c1-11-5-7-15(9-13(11)3)19(17,18)16-8-6-12(2)14(4)10-16;1-11-5-7-15(9-13(11)3)16-8-6-12(2)14(4)10-16/h5-10H,1-4H3;5-10H,1-4H3. The van der Waals surface area contributed by atoms with E-state index in [9.17, 15) is 8.42 Å². The summed E-state index contributed by atoms with van der Waals surface area (Å²) in [7, 11) is -3.42. The maximum absolute atomic E-state index is 12.6. The molecule has 0 radical (unpaired) electrons. The molecule has 0 aliphatic carbocycles. The molecule has 0 aromatic heterocycles. The van der Waals surface area contributed by atoms with E-state index in [-0.39, 0.29) is 0 Å². The van der Waals surface area contributed by atoms with Gasteiger partial charge in [0.05, 0.1) is 9.79 Å². The lowest BCUT2D eigenvalue weighted by Crippen LogP contribution is -2.03. The first-order valence-corrected chi connectivity index (χ1v) is 13.4. The molecule has 0 saturated carbocycles. The van der Waals surface area contributed by atoms with Crippen LogP contribution in [0.4, 0.5) is 0 Å². The largest absolute Gasteiger partial charge is 0.219 e. The van der Waals surface area contributed by atoms with Crippen molar-refractivity contribution in [2.75, 3.05) is 0 Å². The molecule has 4 rings (SSSR count). The summed E-state index contributed by atoms with van der Waals surface area (Å²) in [5.74, 6) is 0. The van der Waals surface area contributed by atoms with Crippen LogP contribution in [0.15, 0.2) is 82.6 Å². The van der Waals surface area contributed by atoms with E-state index in [0.29, 0.717) is 9.79 Å². The Hall–Kier alpha value is -3.17. The second-order valence-electron chi connectivity index (χ2n) is 9.59. The molecule has 0 heterocycles. The molecule has 0 bridgehead atoms. The molecule has 35 heavy (non-hydrogen) atoms. The normalized spacial score (nSPS) is 11.1. The van der Waals surface area contributed by atoms with Crippen LogP contribution < -0.4 is 0 Å². The molecule has 0 spiro atoms. The molecular formula is C32H36O2S. The summed E-state index contributed by atoms with van der Waals surface area (Å²) in [6, 6.07) is 23.8.